The summed E-state index contributed by atoms with van der Waals surface area (Å²) in [7, 11) is 0.270. The Morgan fingerprint density at radius 3 is 2.33 bits per heavy atom. The Labute approximate surface area is 196 Å². The summed E-state index contributed by atoms with van der Waals surface area (Å²) >= 11 is 0. The number of nitrogens with zero attached hydrogens (tertiary/aromatic N) is 1. The minimum Gasteiger partial charge on any atom is -0.396 e. The normalized spacial score (nSPS) is 23.3. The van der Waals surface area contributed by atoms with Crippen molar-refractivity contribution >= 4 is 26.5 Å². The molecule has 9 heteroatoms. The number of sulfonamides is 1. The zero-order valence-electron chi connectivity index (χ0n) is 19.4. The predicted molar refractivity (Wildman–Crippen MR) is 131 cm³/mol. The van der Waals surface area contributed by atoms with Crippen LogP contribution in [0.4, 0.5) is 5.69 Å². The molecule has 0 unspecified atom stereocenters. The van der Waals surface area contributed by atoms with Gasteiger partial charge in [-0.25, -0.2) is 13.1 Å². The van der Waals surface area contributed by atoms with Gasteiger partial charge >= 0.3 is 0 Å². The molecule has 0 saturated heterocycles. The van der Waals surface area contributed by atoms with E-state index in [0.717, 1.165) is 43.3 Å². The first-order chi connectivity index (χ1) is 15.8. The van der Waals surface area contributed by atoms with Gasteiger partial charge in [0.2, 0.25) is 10.0 Å². The SMILES string of the molecule is CN(C)c1cccc2c(S(=O)(=O)NCCCCCCN[C@H]3C[C@@H](O)[C@@H](O)[C@H]3CO)cccc12. The first kappa shape index (κ1) is 25.9. The molecule has 1 aliphatic rings. The van der Waals surface area contributed by atoms with E-state index in [1.165, 1.54) is 0 Å². The Morgan fingerprint density at radius 1 is 0.970 bits per heavy atom. The largest absolute Gasteiger partial charge is 0.396 e. The van der Waals surface area contributed by atoms with E-state index in [1.54, 1.807) is 12.1 Å². The number of rotatable bonds is 12. The first-order valence-electron chi connectivity index (χ1n) is 11.7. The van der Waals surface area contributed by atoms with Gasteiger partial charge in [0, 0.05) is 55.7 Å². The molecule has 0 bridgehead atoms. The van der Waals surface area contributed by atoms with Gasteiger partial charge in [-0.2, -0.15) is 0 Å². The number of fused-ring (bicyclic) bond motifs is 1. The number of benzene rings is 2. The molecule has 0 aliphatic heterocycles. The van der Waals surface area contributed by atoms with Gasteiger partial charge in [0.25, 0.3) is 0 Å². The lowest BCUT2D eigenvalue weighted by Gasteiger charge is -2.20. The fraction of sp³-hybridized carbons (Fsp3) is 0.583. The summed E-state index contributed by atoms with van der Waals surface area (Å²) in [6.45, 7) is 0.965. The number of hydrogen-bond donors (Lipinski definition) is 5. The molecular weight excluding hydrogens is 442 g/mol. The van der Waals surface area contributed by atoms with Crippen LogP contribution < -0.4 is 14.9 Å². The van der Waals surface area contributed by atoms with Crippen molar-refractivity contribution in [3.05, 3.63) is 36.4 Å². The third kappa shape index (κ3) is 6.23. The average Bonchev–Trinajstić information content (AvgIpc) is 3.06. The minimum absolute atomic E-state index is 0.0829. The second kappa shape index (κ2) is 11.6. The van der Waals surface area contributed by atoms with Gasteiger partial charge in [0.15, 0.2) is 0 Å². The molecule has 0 heterocycles. The quantitative estimate of drug-likeness (QED) is 0.292. The highest BCUT2D eigenvalue weighted by Crippen LogP contribution is 2.30. The zero-order chi connectivity index (χ0) is 24.0. The molecular formula is C24H37N3O5S. The van der Waals surface area contributed by atoms with E-state index in [0.29, 0.717) is 23.2 Å². The highest BCUT2D eigenvalue weighted by Gasteiger charge is 2.40. The number of hydrogen-bond acceptors (Lipinski definition) is 7. The van der Waals surface area contributed by atoms with Gasteiger partial charge in [-0.1, -0.05) is 37.1 Å². The van der Waals surface area contributed by atoms with E-state index in [-0.39, 0.29) is 18.6 Å². The van der Waals surface area contributed by atoms with Crippen molar-refractivity contribution in [2.45, 2.75) is 55.2 Å². The van der Waals surface area contributed by atoms with Crippen LogP contribution in [0.1, 0.15) is 32.1 Å². The molecule has 8 nitrogen and oxygen atoms in total. The van der Waals surface area contributed by atoms with Crippen LogP contribution in [0.2, 0.25) is 0 Å². The van der Waals surface area contributed by atoms with Crippen LogP contribution >= 0.6 is 0 Å². The van der Waals surface area contributed by atoms with Gasteiger partial charge in [-0.05, 0) is 37.9 Å². The van der Waals surface area contributed by atoms with Crippen LogP contribution in [-0.4, -0.2) is 75.8 Å². The monoisotopic (exact) mass is 479 g/mol. The Hall–Kier alpha value is -1.75. The van der Waals surface area contributed by atoms with E-state index >= 15 is 0 Å². The van der Waals surface area contributed by atoms with E-state index in [1.807, 2.05) is 43.3 Å². The van der Waals surface area contributed by atoms with E-state index < -0.39 is 22.2 Å². The minimum atomic E-state index is -3.61. The lowest BCUT2D eigenvalue weighted by Crippen LogP contribution is -2.38. The van der Waals surface area contributed by atoms with Crippen LogP contribution in [0, 0.1) is 5.92 Å². The molecule has 5 N–H and O–H groups in total. The van der Waals surface area contributed by atoms with Gasteiger partial charge in [0.1, 0.15) is 0 Å². The lowest BCUT2D eigenvalue weighted by atomic mass is 10.0. The smallest absolute Gasteiger partial charge is 0.241 e. The molecule has 2 aromatic carbocycles. The zero-order valence-corrected chi connectivity index (χ0v) is 20.3. The van der Waals surface area contributed by atoms with Gasteiger partial charge in [-0.15, -0.1) is 0 Å². The lowest BCUT2D eigenvalue weighted by molar-refractivity contribution is 0.00496. The van der Waals surface area contributed by atoms with Crippen LogP contribution in [0.5, 0.6) is 0 Å². The van der Waals surface area contributed by atoms with Crippen molar-refractivity contribution in [3.8, 4) is 0 Å². The van der Waals surface area contributed by atoms with Crippen molar-refractivity contribution in [1.29, 1.82) is 0 Å². The summed E-state index contributed by atoms with van der Waals surface area (Å²) in [6, 6.07) is 11.0. The summed E-state index contributed by atoms with van der Waals surface area (Å²) in [4.78, 5) is 2.27. The number of aliphatic hydroxyl groups excluding tert-OH is 3. The van der Waals surface area contributed by atoms with Gasteiger partial charge in [-0.3, -0.25) is 0 Å². The fourth-order valence-corrected chi connectivity index (χ4v) is 5.93. The number of unbranched alkanes of at least 4 members (excludes halogenated alkanes) is 3. The van der Waals surface area contributed by atoms with Crippen molar-refractivity contribution in [3.63, 3.8) is 0 Å². The molecule has 1 aliphatic carbocycles. The Kier molecular flexibility index (Phi) is 9.09. The van der Waals surface area contributed by atoms with E-state index in [9.17, 15) is 23.7 Å². The highest BCUT2D eigenvalue weighted by atomic mass is 32.2. The molecule has 2 aromatic rings. The molecule has 184 valence electrons. The Morgan fingerprint density at radius 2 is 1.64 bits per heavy atom. The number of anilines is 1. The van der Waals surface area contributed by atoms with Crippen molar-refractivity contribution in [2.24, 2.45) is 5.92 Å². The van der Waals surface area contributed by atoms with Crippen molar-refractivity contribution < 1.29 is 23.7 Å². The number of aliphatic hydroxyl groups is 3. The van der Waals surface area contributed by atoms with E-state index in [2.05, 4.69) is 10.0 Å². The molecule has 0 radical (unpaired) electrons. The maximum Gasteiger partial charge on any atom is 0.241 e. The van der Waals surface area contributed by atoms with E-state index in [4.69, 9.17) is 0 Å². The summed E-state index contributed by atoms with van der Waals surface area (Å²) in [5.41, 5.74) is 0.977. The molecule has 33 heavy (non-hydrogen) atoms. The Balaban J connectivity index is 1.43. The second-order valence-electron chi connectivity index (χ2n) is 9.04. The predicted octanol–water partition coefficient (Wildman–Crippen LogP) is 1.44. The molecule has 0 spiro atoms. The van der Waals surface area contributed by atoms with Crippen LogP contribution in [0.25, 0.3) is 10.8 Å². The maximum atomic E-state index is 12.9. The van der Waals surface area contributed by atoms with Gasteiger partial charge < -0.3 is 25.5 Å². The highest BCUT2D eigenvalue weighted by molar-refractivity contribution is 7.89. The molecule has 1 saturated carbocycles. The molecule has 0 amide bonds. The third-order valence-corrected chi connectivity index (χ3v) is 8.01. The Bertz CT molecular complexity index is 1010. The van der Waals surface area contributed by atoms with Crippen molar-refractivity contribution in [2.75, 3.05) is 38.7 Å². The third-order valence-electron chi connectivity index (χ3n) is 6.49. The second-order valence-corrected chi connectivity index (χ2v) is 10.8. The molecule has 1 fully saturated rings. The molecule has 3 rings (SSSR count). The van der Waals surface area contributed by atoms with Crippen LogP contribution in [0.3, 0.4) is 0 Å². The van der Waals surface area contributed by atoms with Crippen molar-refractivity contribution in [1.82, 2.24) is 10.0 Å². The fourth-order valence-electron chi connectivity index (χ4n) is 4.63. The standard InChI is InChI=1S/C24H37N3O5S/c1-27(2)21-11-7-10-18-17(21)9-8-12-23(18)33(31,32)26-14-6-4-3-5-13-25-20-15-22(29)24(30)19(20)16-28/h7-12,19-20,22,24-26,28-30H,3-6,13-16H2,1-2H3/t19-,20-,22+,24-/m0/s1. The summed E-state index contributed by atoms with van der Waals surface area (Å²) < 4.78 is 28.6. The van der Waals surface area contributed by atoms with Crippen LogP contribution in [0.15, 0.2) is 41.3 Å². The summed E-state index contributed by atoms with van der Waals surface area (Å²) in [5.74, 6) is -0.336. The summed E-state index contributed by atoms with van der Waals surface area (Å²) in [6.07, 6.45) is 2.26. The maximum absolute atomic E-state index is 12.9. The molecule has 0 aromatic heterocycles. The topological polar surface area (TPSA) is 122 Å². The molecule has 4 atom stereocenters. The first-order valence-corrected chi connectivity index (χ1v) is 13.1. The number of nitrogens with one attached hydrogen (secondary N) is 2. The van der Waals surface area contributed by atoms with Crippen LogP contribution in [-0.2, 0) is 10.0 Å². The average molecular weight is 480 g/mol. The van der Waals surface area contributed by atoms with Gasteiger partial charge in [0.05, 0.1) is 17.1 Å². The summed E-state index contributed by atoms with van der Waals surface area (Å²) in [5, 5.41) is 34.0.